The van der Waals surface area contributed by atoms with Crippen LogP contribution in [-0.2, 0) is 0 Å². The number of hydrogen-bond donors (Lipinski definition) is 0. The van der Waals surface area contributed by atoms with Crippen LogP contribution in [0.15, 0.2) is 59.3 Å². The molecule has 2 nitrogen and oxygen atoms in total. The Labute approximate surface area is 131 Å². The van der Waals surface area contributed by atoms with E-state index in [1.807, 2.05) is 30.3 Å². The molecule has 98 valence electrons. The van der Waals surface area contributed by atoms with Gasteiger partial charge in [-0.05, 0) is 43.3 Å². The largest absolute Gasteiger partial charge is 0.306 e. The van der Waals surface area contributed by atoms with Crippen LogP contribution in [0.3, 0.4) is 0 Å². The SMILES string of the molecule is [2H]C([2H])([2H])N(C/C=C(\c1ccc(Br)cc1)c1cccnc1)C([2H])([2H])[2H]. The Morgan fingerprint density at radius 3 is 2.68 bits per heavy atom. The molecule has 0 saturated heterocycles. The molecule has 2 rings (SSSR count). The summed E-state index contributed by atoms with van der Waals surface area (Å²) in [6.45, 7) is -5.68. The van der Waals surface area contributed by atoms with Crippen LogP contribution in [-0.4, -0.2) is 30.4 Å². The molecule has 0 bridgehead atoms. The van der Waals surface area contributed by atoms with Crippen molar-refractivity contribution >= 4 is 21.5 Å². The maximum Gasteiger partial charge on any atom is 0.0394 e. The van der Waals surface area contributed by atoms with Gasteiger partial charge in [0.05, 0.1) is 0 Å². The van der Waals surface area contributed by atoms with Gasteiger partial charge < -0.3 is 4.90 Å². The molecule has 0 N–H and O–H groups in total. The summed E-state index contributed by atoms with van der Waals surface area (Å²) in [6, 6.07) is 11.1. The van der Waals surface area contributed by atoms with Crippen LogP contribution in [0.5, 0.6) is 0 Å². The molecule has 0 spiro atoms. The van der Waals surface area contributed by atoms with Gasteiger partial charge in [-0.1, -0.05) is 40.2 Å². The molecule has 1 aromatic carbocycles. The van der Waals surface area contributed by atoms with Crippen molar-refractivity contribution in [2.24, 2.45) is 0 Å². The summed E-state index contributed by atoms with van der Waals surface area (Å²) in [6.07, 6.45) is 4.90. The van der Waals surface area contributed by atoms with Gasteiger partial charge in [-0.15, -0.1) is 0 Å². The summed E-state index contributed by atoms with van der Waals surface area (Å²) in [4.78, 5) is 4.61. The number of halogens is 1. The Hall–Kier alpha value is -1.45. The second-order valence-electron chi connectivity index (χ2n) is 3.98. The third kappa shape index (κ3) is 4.01. The zero-order chi connectivity index (χ0) is 18.7. The second kappa shape index (κ2) is 6.64. The van der Waals surface area contributed by atoms with E-state index in [0.717, 1.165) is 21.2 Å². The molecule has 0 aliphatic heterocycles. The minimum Gasteiger partial charge on any atom is -0.306 e. The number of likely N-dealkylation sites (N-methyl/N-ethyl adjacent to an activating group) is 1. The van der Waals surface area contributed by atoms with Crippen LogP contribution in [0.25, 0.3) is 5.57 Å². The topological polar surface area (TPSA) is 16.1 Å². The molecule has 0 fully saturated rings. The maximum atomic E-state index is 7.48. The molecule has 0 unspecified atom stereocenters. The van der Waals surface area contributed by atoms with Crippen LogP contribution in [0.4, 0.5) is 0 Å². The summed E-state index contributed by atoms with van der Waals surface area (Å²) < 4.78 is 45.8. The molecule has 3 heteroatoms. The van der Waals surface area contributed by atoms with Gasteiger partial charge in [0.25, 0.3) is 0 Å². The standard InChI is InChI=1S/C16H17BrN2/c1-19(2)11-9-16(14-4-3-10-18-12-14)13-5-7-15(17)8-6-13/h3-10,12H,11H2,1-2H3/b16-9+/i1D3,2D3. The first-order chi connectivity index (χ1) is 11.6. The van der Waals surface area contributed by atoms with Crippen LogP contribution in [0.2, 0.25) is 0 Å². The Bertz CT molecular complexity index is 709. The minimum absolute atomic E-state index is 0.243. The number of benzene rings is 1. The van der Waals surface area contributed by atoms with Gasteiger partial charge in [0.1, 0.15) is 0 Å². The summed E-state index contributed by atoms with van der Waals surface area (Å²) in [5, 5.41) is 0. The highest BCUT2D eigenvalue weighted by atomic mass is 79.9. The van der Waals surface area contributed by atoms with Crippen LogP contribution in [0, 0.1) is 0 Å². The molecule has 0 radical (unpaired) electrons. The van der Waals surface area contributed by atoms with Crippen LogP contribution >= 0.6 is 15.9 Å². The lowest BCUT2D eigenvalue weighted by Gasteiger charge is -2.11. The number of rotatable bonds is 4. The molecule has 1 heterocycles. The highest BCUT2D eigenvalue weighted by Gasteiger charge is 2.05. The lowest BCUT2D eigenvalue weighted by molar-refractivity contribution is 0.457. The average Bonchev–Trinajstić information content (AvgIpc) is 2.51. The Morgan fingerprint density at radius 2 is 2.05 bits per heavy atom. The molecule has 0 amide bonds. The fraction of sp³-hybridized carbons (Fsp3) is 0.188. The lowest BCUT2D eigenvalue weighted by Crippen LogP contribution is -2.11. The Kier molecular flexibility index (Phi) is 2.79. The van der Waals surface area contributed by atoms with Crippen molar-refractivity contribution in [3.63, 3.8) is 0 Å². The zero-order valence-electron chi connectivity index (χ0n) is 16.2. The average molecular weight is 323 g/mol. The molecular weight excluding hydrogens is 300 g/mol. The van der Waals surface area contributed by atoms with E-state index in [9.17, 15) is 0 Å². The van der Waals surface area contributed by atoms with Crippen molar-refractivity contribution in [3.05, 3.63) is 70.5 Å². The first-order valence-electron chi connectivity index (χ1n) is 8.73. The number of aromatic nitrogens is 1. The van der Waals surface area contributed by atoms with E-state index in [1.54, 1.807) is 24.5 Å². The highest BCUT2D eigenvalue weighted by Crippen LogP contribution is 2.24. The van der Waals surface area contributed by atoms with Gasteiger partial charge in [0.2, 0.25) is 0 Å². The Balaban J connectivity index is 2.45. The normalized spacial score (nSPS) is 17.9. The van der Waals surface area contributed by atoms with E-state index in [2.05, 4.69) is 20.9 Å². The minimum atomic E-state index is -2.72. The maximum absolute atomic E-state index is 7.48. The van der Waals surface area contributed by atoms with Crippen molar-refractivity contribution in [2.45, 2.75) is 0 Å². The van der Waals surface area contributed by atoms with Gasteiger partial charge in [-0.3, -0.25) is 4.98 Å². The smallest absolute Gasteiger partial charge is 0.0394 e. The fourth-order valence-electron chi connectivity index (χ4n) is 1.74. The molecule has 0 aliphatic rings. The van der Waals surface area contributed by atoms with E-state index in [1.165, 1.54) is 0 Å². The van der Waals surface area contributed by atoms with Crippen LogP contribution < -0.4 is 0 Å². The number of hydrogen-bond acceptors (Lipinski definition) is 2. The van der Waals surface area contributed by atoms with Crippen molar-refractivity contribution in [3.8, 4) is 0 Å². The van der Waals surface area contributed by atoms with Gasteiger partial charge in [0, 0.05) is 37.2 Å². The van der Waals surface area contributed by atoms with Crippen molar-refractivity contribution in [1.82, 2.24) is 9.88 Å². The third-order valence-corrected chi connectivity index (χ3v) is 3.13. The first kappa shape index (κ1) is 7.98. The van der Waals surface area contributed by atoms with Gasteiger partial charge in [-0.2, -0.15) is 0 Å². The lowest BCUT2D eigenvalue weighted by atomic mass is 9.99. The van der Waals surface area contributed by atoms with Crippen LogP contribution in [0.1, 0.15) is 19.4 Å². The summed E-state index contributed by atoms with van der Waals surface area (Å²) in [7, 11) is 0. The molecule has 2 aromatic rings. The molecule has 0 atom stereocenters. The molecular formula is C16H17BrN2. The van der Waals surface area contributed by atoms with E-state index in [-0.39, 0.29) is 6.54 Å². The summed E-state index contributed by atoms with van der Waals surface area (Å²) >= 11 is 3.38. The van der Waals surface area contributed by atoms with E-state index < -0.39 is 14.0 Å². The second-order valence-corrected chi connectivity index (χ2v) is 4.89. The molecule has 1 aromatic heterocycles. The van der Waals surface area contributed by atoms with Crippen molar-refractivity contribution in [1.29, 1.82) is 0 Å². The van der Waals surface area contributed by atoms with Gasteiger partial charge >= 0.3 is 0 Å². The van der Waals surface area contributed by atoms with Gasteiger partial charge in [0.15, 0.2) is 0 Å². The van der Waals surface area contributed by atoms with E-state index in [4.69, 9.17) is 8.22 Å². The quantitative estimate of drug-likeness (QED) is 0.850. The predicted molar refractivity (Wildman–Crippen MR) is 84.0 cm³/mol. The highest BCUT2D eigenvalue weighted by molar-refractivity contribution is 9.10. The summed E-state index contributed by atoms with van der Waals surface area (Å²) in [5.74, 6) is 0. The third-order valence-electron chi connectivity index (χ3n) is 2.61. The fourth-order valence-corrected chi connectivity index (χ4v) is 2.00. The number of pyridine rings is 1. The van der Waals surface area contributed by atoms with Gasteiger partial charge in [-0.25, -0.2) is 0 Å². The van der Waals surface area contributed by atoms with Crippen molar-refractivity contribution < 1.29 is 8.22 Å². The molecule has 0 saturated carbocycles. The molecule has 19 heavy (non-hydrogen) atoms. The van der Waals surface area contributed by atoms with E-state index in [0.29, 0.717) is 4.90 Å². The number of nitrogens with zero attached hydrogens (tertiary/aromatic N) is 2. The Morgan fingerprint density at radius 1 is 1.26 bits per heavy atom. The van der Waals surface area contributed by atoms with Crippen molar-refractivity contribution in [2.75, 3.05) is 20.5 Å². The summed E-state index contributed by atoms with van der Waals surface area (Å²) in [5.41, 5.74) is 2.34. The van der Waals surface area contributed by atoms with E-state index >= 15 is 0 Å². The first-order valence-corrected chi connectivity index (χ1v) is 6.52. The monoisotopic (exact) mass is 322 g/mol. The zero-order valence-corrected chi connectivity index (χ0v) is 11.8. The predicted octanol–water partition coefficient (Wildman–Crippen LogP) is 3.84. The molecule has 0 aliphatic carbocycles.